The zero-order valence-corrected chi connectivity index (χ0v) is 14.7. The molecule has 0 bridgehead atoms. The zero-order chi connectivity index (χ0) is 13.0. The fraction of sp³-hybridized carbons (Fsp3) is 1.00. The van der Waals surface area contributed by atoms with Crippen LogP contribution in [0.4, 0.5) is 0 Å². The lowest BCUT2D eigenvalue weighted by molar-refractivity contribution is 0.334. The van der Waals surface area contributed by atoms with Gasteiger partial charge < -0.3 is 4.43 Å². The van der Waals surface area contributed by atoms with Crippen molar-refractivity contribution in [1.29, 1.82) is 0 Å². The highest BCUT2D eigenvalue weighted by Crippen LogP contribution is 2.29. The van der Waals surface area contributed by atoms with E-state index in [4.69, 9.17) is 4.43 Å². The monoisotopic (exact) mass is 322 g/mol. The lowest BCUT2D eigenvalue weighted by Crippen LogP contribution is -2.30. The topological polar surface area (TPSA) is 9.23 Å². The van der Waals surface area contributed by atoms with Crippen molar-refractivity contribution in [3.63, 3.8) is 0 Å². The Bertz CT molecular complexity index is 166. The van der Waals surface area contributed by atoms with Crippen molar-refractivity contribution in [2.75, 3.05) is 6.61 Å². The van der Waals surface area contributed by atoms with E-state index >= 15 is 0 Å². The molecule has 0 aromatic heterocycles. The van der Waals surface area contributed by atoms with Gasteiger partial charge in [0.2, 0.25) is 0 Å². The van der Waals surface area contributed by atoms with Crippen LogP contribution in [0.1, 0.15) is 72.1 Å². The predicted molar refractivity (Wildman–Crippen MR) is 84.2 cm³/mol. The Labute approximate surface area is 117 Å². The van der Waals surface area contributed by atoms with Gasteiger partial charge in [-0.1, -0.05) is 80.5 Å². The number of hydrogen-bond acceptors (Lipinski definition) is 1. The molecule has 17 heavy (non-hydrogen) atoms. The highest BCUT2D eigenvalue weighted by molar-refractivity contribution is 9.25. The Morgan fingerprint density at radius 3 is 1.88 bits per heavy atom. The molecule has 3 heteroatoms. The van der Waals surface area contributed by atoms with E-state index in [1.54, 1.807) is 0 Å². The molecule has 0 radical (unpaired) electrons. The van der Waals surface area contributed by atoms with Crippen LogP contribution < -0.4 is 0 Å². The fourth-order valence-corrected chi connectivity index (χ4v) is 7.22. The van der Waals surface area contributed by atoms with Crippen LogP contribution in [0, 0.1) is 0 Å². The number of hydrogen-bond donors (Lipinski definition) is 0. The summed E-state index contributed by atoms with van der Waals surface area (Å²) >= 11 is 3.95. The summed E-state index contributed by atoms with van der Waals surface area (Å²) < 4.78 is 6.01. The molecule has 0 N–H and O–H groups in total. The van der Waals surface area contributed by atoms with Crippen molar-refractivity contribution in [2.24, 2.45) is 0 Å². The third-order valence-corrected chi connectivity index (χ3v) is 9.28. The second kappa shape index (κ2) is 11.7. The molecule has 0 aliphatic rings. The van der Waals surface area contributed by atoms with Crippen LogP contribution in [-0.2, 0) is 4.43 Å². The molecule has 1 nitrogen and oxygen atoms in total. The maximum absolute atomic E-state index is 6.01. The minimum atomic E-state index is -1.53. The maximum atomic E-state index is 6.01. The molecule has 0 aromatic carbocycles. The molecule has 0 heterocycles. The Morgan fingerprint density at radius 1 is 0.765 bits per heavy atom. The van der Waals surface area contributed by atoms with E-state index in [9.17, 15) is 0 Å². The highest BCUT2D eigenvalue weighted by Gasteiger charge is 2.29. The van der Waals surface area contributed by atoms with Gasteiger partial charge in [-0.05, 0) is 19.0 Å². The largest absolute Gasteiger partial charge is 0.407 e. The summed E-state index contributed by atoms with van der Waals surface area (Å²) in [6.07, 6.45) is 10.9. The summed E-state index contributed by atoms with van der Waals surface area (Å²) in [7, 11) is 0. The van der Waals surface area contributed by atoms with Crippen molar-refractivity contribution < 1.29 is 4.43 Å². The van der Waals surface area contributed by atoms with Crippen LogP contribution in [0.15, 0.2) is 0 Å². The Kier molecular flexibility index (Phi) is 12.2. The molecule has 0 saturated carbocycles. The van der Waals surface area contributed by atoms with Crippen LogP contribution in [0.2, 0.25) is 12.1 Å². The smallest absolute Gasteiger partial charge is 0.263 e. The molecule has 0 rings (SSSR count). The third kappa shape index (κ3) is 10.3. The van der Waals surface area contributed by atoms with Gasteiger partial charge in [0.05, 0.1) is 0 Å². The quantitative estimate of drug-likeness (QED) is 0.242. The minimum absolute atomic E-state index is 0.872. The van der Waals surface area contributed by atoms with E-state index in [1.807, 2.05) is 0 Å². The molecule has 1 unspecified atom stereocenters. The molecular weight excluding hydrogens is 292 g/mol. The first-order valence-corrected chi connectivity index (χ1v) is 12.1. The molecule has 1 atom stereocenters. The normalized spacial score (nSPS) is 14.8. The van der Waals surface area contributed by atoms with E-state index in [-0.39, 0.29) is 0 Å². The van der Waals surface area contributed by atoms with E-state index in [0.717, 1.165) is 6.61 Å². The highest BCUT2D eigenvalue weighted by atomic mass is 79.9. The van der Waals surface area contributed by atoms with E-state index in [1.165, 1.54) is 63.5 Å². The molecule has 0 aliphatic heterocycles. The van der Waals surface area contributed by atoms with Crippen LogP contribution in [0.5, 0.6) is 0 Å². The molecule has 0 spiro atoms. The van der Waals surface area contributed by atoms with Crippen molar-refractivity contribution in [2.45, 2.75) is 84.2 Å². The molecule has 0 fully saturated rings. The SMILES string of the molecule is CCCCCCCC[Si](Br)(CCCC)OCC. The molecular formula is C14H31BrOSi. The van der Waals surface area contributed by atoms with E-state index < -0.39 is 6.94 Å². The first-order chi connectivity index (χ1) is 8.18. The van der Waals surface area contributed by atoms with Gasteiger partial charge in [-0.3, -0.25) is 0 Å². The Morgan fingerprint density at radius 2 is 1.29 bits per heavy atom. The third-order valence-electron chi connectivity index (χ3n) is 3.21. The number of rotatable bonds is 12. The van der Waals surface area contributed by atoms with Gasteiger partial charge in [0.1, 0.15) is 0 Å². The summed E-state index contributed by atoms with van der Waals surface area (Å²) in [6, 6.07) is 2.58. The van der Waals surface area contributed by atoms with E-state index in [2.05, 4.69) is 36.1 Å². The van der Waals surface area contributed by atoms with Crippen molar-refractivity contribution in [3.8, 4) is 0 Å². The Hall–Kier alpha value is 0.657. The first kappa shape index (κ1) is 17.7. The van der Waals surface area contributed by atoms with Crippen LogP contribution in [0.3, 0.4) is 0 Å². The van der Waals surface area contributed by atoms with Gasteiger partial charge in [-0.25, -0.2) is 0 Å². The van der Waals surface area contributed by atoms with Gasteiger partial charge in [0.15, 0.2) is 0 Å². The van der Waals surface area contributed by atoms with Crippen LogP contribution >= 0.6 is 15.3 Å². The average molecular weight is 323 g/mol. The standard InChI is InChI=1S/C14H31BrOSi/c1-4-7-9-10-11-12-14-17(15,16-6-3)13-8-5-2/h4-14H2,1-3H3. The fourth-order valence-electron chi connectivity index (χ4n) is 2.14. The lowest BCUT2D eigenvalue weighted by Gasteiger charge is -2.24. The van der Waals surface area contributed by atoms with Crippen molar-refractivity contribution >= 4 is 22.2 Å². The summed E-state index contributed by atoms with van der Waals surface area (Å²) in [6.45, 7) is 6.00. The Balaban J connectivity index is 3.68. The number of halogens is 1. The zero-order valence-electron chi connectivity index (χ0n) is 12.1. The summed E-state index contributed by atoms with van der Waals surface area (Å²) in [5, 5.41) is 0. The van der Waals surface area contributed by atoms with Crippen molar-refractivity contribution in [1.82, 2.24) is 0 Å². The van der Waals surface area contributed by atoms with Gasteiger partial charge in [0.25, 0.3) is 6.94 Å². The molecule has 0 amide bonds. The number of unbranched alkanes of at least 4 members (excludes halogenated alkanes) is 6. The van der Waals surface area contributed by atoms with E-state index in [0.29, 0.717) is 0 Å². The lowest BCUT2D eigenvalue weighted by atomic mass is 10.1. The molecule has 0 saturated heterocycles. The average Bonchev–Trinajstić information content (AvgIpc) is 2.32. The van der Waals surface area contributed by atoms with Crippen LogP contribution in [0.25, 0.3) is 0 Å². The second-order valence-electron chi connectivity index (χ2n) is 4.94. The summed E-state index contributed by atoms with van der Waals surface area (Å²) in [4.78, 5) is 0. The van der Waals surface area contributed by atoms with Gasteiger partial charge in [-0.15, -0.1) is 0 Å². The maximum Gasteiger partial charge on any atom is 0.263 e. The van der Waals surface area contributed by atoms with Gasteiger partial charge >= 0.3 is 0 Å². The summed E-state index contributed by atoms with van der Waals surface area (Å²) in [5.41, 5.74) is 0. The molecule has 0 aliphatic carbocycles. The van der Waals surface area contributed by atoms with Crippen LogP contribution in [-0.4, -0.2) is 13.5 Å². The van der Waals surface area contributed by atoms with Crippen molar-refractivity contribution in [3.05, 3.63) is 0 Å². The summed E-state index contributed by atoms with van der Waals surface area (Å²) in [5.74, 6) is 0. The predicted octanol–water partition coefficient (Wildman–Crippen LogP) is 6.02. The molecule has 0 aromatic rings. The minimum Gasteiger partial charge on any atom is -0.407 e. The van der Waals surface area contributed by atoms with Gasteiger partial charge in [-0.2, -0.15) is 0 Å². The molecule has 104 valence electrons. The second-order valence-corrected chi connectivity index (χ2v) is 12.3. The van der Waals surface area contributed by atoms with Gasteiger partial charge in [0, 0.05) is 6.61 Å². The first-order valence-electron chi connectivity index (χ1n) is 7.51.